The fourth-order valence-electron chi connectivity index (χ4n) is 3.75. The molecule has 1 amide bonds. The van der Waals surface area contributed by atoms with Gasteiger partial charge in [0.15, 0.2) is 5.88 Å². The maximum Gasteiger partial charge on any atom is 0.254 e. The standard InChI is InChI=1S/C25H28N2O4/c1-2-16-29-21-10-8-20(9-11-21)25(28)27(18-22-7-6-17-30-22)19-23-12-13-24(31-23)26-14-4-3-5-15-26/h2,6-13,17H,1,3-5,14-16,18-19H2. The van der Waals surface area contributed by atoms with Crippen LogP contribution >= 0.6 is 0 Å². The first-order valence-corrected chi connectivity index (χ1v) is 10.7. The van der Waals surface area contributed by atoms with E-state index in [2.05, 4.69) is 11.5 Å². The van der Waals surface area contributed by atoms with Crippen LogP contribution in [0, 0.1) is 0 Å². The summed E-state index contributed by atoms with van der Waals surface area (Å²) in [6, 6.07) is 14.8. The highest BCUT2D eigenvalue weighted by Crippen LogP contribution is 2.24. The van der Waals surface area contributed by atoms with E-state index in [9.17, 15) is 4.79 Å². The largest absolute Gasteiger partial charge is 0.490 e. The molecule has 3 aromatic rings. The molecule has 1 aliphatic rings. The SMILES string of the molecule is C=CCOc1ccc(C(=O)N(Cc2ccco2)Cc2ccc(N3CCCCC3)o2)cc1. The van der Waals surface area contributed by atoms with Crippen molar-refractivity contribution < 1.29 is 18.4 Å². The van der Waals surface area contributed by atoms with E-state index >= 15 is 0 Å². The Morgan fingerprint density at radius 2 is 1.81 bits per heavy atom. The van der Waals surface area contributed by atoms with Gasteiger partial charge in [-0.05, 0) is 61.7 Å². The maximum atomic E-state index is 13.3. The van der Waals surface area contributed by atoms with Gasteiger partial charge >= 0.3 is 0 Å². The number of anilines is 1. The Labute approximate surface area is 182 Å². The number of hydrogen-bond acceptors (Lipinski definition) is 5. The second kappa shape index (κ2) is 10.1. The first kappa shape index (κ1) is 20.8. The Kier molecular flexibility index (Phi) is 6.77. The predicted octanol–water partition coefficient (Wildman–Crippen LogP) is 5.27. The molecule has 0 spiro atoms. The number of piperidine rings is 1. The highest BCUT2D eigenvalue weighted by Gasteiger charge is 2.21. The Morgan fingerprint density at radius 3 is 2.52 bits per heavy atom. The maximum absolute atomic E-state index is 13.3. The summed E-state index contributed by atoms with van der Waals surface area (Å²) in [5.74, 6) is 2.96. The van der Waals surface area contributed by atoms with Crippen LogP contribution in [0.1, 0.15) is 41.1 Å². The van der Waals surface area contributed by atoms with Crippen LogP contribution in [0.3, 0.4) is 0 Å². The fourth-order valence-corrected chi connectivity index (χ4v) is 3.75. The van der Waals surface area contributed by atoms with Gasteiger partial charge in [-0.2, -0.15) is 0 Å². The summed E-state index contributed by atoms with van der Waals surface area (Å²) in [5.41, 5.74) is 0.584. The van der Waals surface area contributed by atoms with Gasteiger partial charge in [0.25, 0.3) is 5.91 Å². The Morgan fingerprint density at radius 1 is 1.03 bits per heavy atom. The molecule has 6 nitrogen and oxygen atoms in total. The topological polar surface area (TPSA) is 59.1 Å². The molecule has 0 radical (unpaired) electrons. The Hall–Kier alpha value is -3.41. The van der Waals surface area contributed by atoms with Crippen molar-refractivity contribution in [3.8, 4) is 5.75 Å². The predicted molar refractivity (Wildman–Crippen MR) is 119 cm³/mol. The molecule has 2 aromatic heterocycles. The first-order valence-electron chi connectivity index (χ1n) is 10.7. The van der Waals surface area contributed by atoms with Crippen molar-refractivity contribution in [1.82, 2.24) is 4.90 Å². The average molecular weight is 421 g/mol. The van der Waals surface area contributed by atoms with Crippen molar-refractivity contribution in [2.75, 3.05) is 24.6 Å². The van der Waals surface area contributed by atoms with Crippen LogP contribution in [0.15, 0.2) is 76.3 Å². The van der Waals surface area contributed by atoms with E-state index in [0.717, 1.165) is 30.5 Å². The molecule has 3 heterocycles. The zero-order valence-electron chi connectivity index (χ0n) is 17.7. The molecule has 1 fully saturated rings. The van der Waals surface area contributed by atoms with Crippen molar-refractivity contribution >= 4 is 11.8 Å². The molecule has 162 valence electrons. The summed E-state index contributed by atoms with van der Waals surface area (Å²) in [6.45, 7) is 6.83. The molecule has 1 saturated heterocycles. The van der Waals surface area contributed by atoms with Gasteiger partial charge in [0, 0.05) is 24.7 Å². The summed E-state index contributed by atoms with van der Waals surface area (Å²) in [5, 5.41) is 0. The van der Waals surface area contributed by atoms with E-state index in [1.165, 1.54) is 19.3 Å². The van der Waals surface area contributed by atoms with E-state index in [0.29, 0.717) is 31.0 Å². The lowest BCUT2D eigenvalue weighted by Gasteiger charge is -2.26. The molecule has 6 heteroatoms. The summed E-state index contributed by atoms with van der Waals surface area (Å²) in [7, 11) is 0. The Balaban J connectivity index is 1.49. The van der Waals surface area contributed by atoms with Crippen molar-refractivity contribution in [3.63, 3.8) is 0 Å². The van der Waals surface area contributed by atoms with Gasteiger partial charge in [-0.25, -0.2) is 0 Å². The van der Waals surface area contributed by atoms with Crippen LogP contribution in [0.4, 0.5) is 5.88 Å². The van der Waals surface area contributed by atoms with Gasteiger partial charge in [-0.3, -0.25) is 4.79 Å². The van der Waals surface area contributed by atoms with Crippen LogP contribution in [0.5, 0.6) is 5.75 Å². The van der Waals surface area contributed by atoms with Crippen molar-refractivity contribution in [1.29, 1.82) is 0 Å². The third kappa shape index (κ3) is 5.40. The van der Waals surface area contributed by atoms with E-state index in [-0.39, 0.29) is 5.91 Å². The number of carbonyl (C=O) groups is 1. The van der Waals surface area contributed by atoms with Crippen molar-refractivity contribution in [3.05, 3.63) is 84.5 Å². The zero-order chi connectivity index (χ0) is 21.5. The second-order valence-electron chi connectivity index (χ2n) is 7.65. The molecule has 0 N–H and O–H groups in total. The van der Waals surface area contributed by atoms with E-state index < -0.39 is 0 Å². The average Bonchev–Trinajstić information content (AvgIpc) is 3.50. The van der Waals surface area contributed by atoms with Crippen molar-refractivity contribution in [2.45, 2.75) is 32.4 Å². The highest BCUT2D eigenvalue weighted by atomic mass is 16.5. The lowest BCUT2D eigenvalue weighted by molar-refractivity contribution is 0.0705. The molecule has 0 atom stereocenters. The zero-order valence-corrected chi connectivity index (χ0v) is 17.7. The number of furan rings is 2. The minimum Gasteiger partial charge on any atom is -0.490 e. The van der Waals surface area contributed by atoms with Crippen LogP contribution in [0.2, 0.25) is 0 Å². The van der Waals surface area contributed by atoms with Gasteiger partial charge in [0.05, 0.1) is 19.4 Å². The minimum absolute atomic E-state index is 0.0948. The third-order valence-electron chi connectivity index (χ3n) is 5.35. The third-order valence-corrected chi connectivity index (χ3v) is 5.35. The molecule has 0 saturated carbocycles. The second-order valence-corrected chi connectivity index (χ2v) is 7.65. The van der Waals surface area contributed by atoms with Crippen LogP contribution in [-0.4, -0.2) is 30.5 Å². The van der Waals surface area contributed by atoms with Gasteiger partial charge < -0.3 is 23.4 Å². The fraction of sp³-hybridized carbons (Fsp3) is 0.320. The summed E-state index contributed by atoms with van der Waals surface area (Å²) >= 11 is 0. The molecular weight excluding hydrogens is 392 g/mol. The monoisotopic (exact) mass is 420 g/mol. The minimum atomic E-state index is -0.0948. The number of nitrogens with zero attached hydrogens (tertiary/aromatic N) is 2. The lowest BCUT2D eigenvalue weighted by Crippen LogP contribution is -2.30. The molecule has 31 heavy (non-hydrogen) atoms. The number of amides is 1. The number of carbonyl (C=O) groups excluding carboxylic acids is 1. The number of rotatable bonds is 9. The summed E-state index contributed by atoms with van der Waals surface area (Å²) < 4.78 is 17.1. The van der Waals surface area contributed by atoms with Crippen LogP contribution in [-0.2, 0) is 13.1 Å². The summed E-state index contributed by atoms with van der Waals surface area (Å²) in [4.78, 5) is 17.3. The molecule has 0 unspecified atom stereocenters. The van der Waals surface area contributed by atoms with E-state index in [4.69, 9.17) is 13.6 Å². The molecule has 1 aromatic carbocycles. The van der Waals surface area contributed by atoms with Crippen LogP contribution < -0.4 is 9.64 Å². The van der Waals surface area contributed by atoms with Crippen molar-refractivity contribution in [2.24, 2.45) is 0 Å². The quantitative estimate of drug-likeness (QED) is 0.441. The van der Waals surface area contributed by atoms with E-state index in [1.54, 1.807) is 41.5 Å². The molecule has 1 aliphatic heterocycles. The van der Waals surface area contributed by atoms with Gasteiger partial charge in [0.2, 0.25) is 0 Å². The lowest BCUT2D eigenvalue weighted by atomic mass is 10.1. The molecule has 0 aliphatic carbocycles. The van der Waals surface area contributed by atoms with Gasteiger partial charge in [-0.15, -0.1) is 0 Å². The molecule has 0 bridgehead atoms. The number of benzene rings is 1. The van der Waals surface area contributed by atoms with Gasteiger partial charge in [0.1, 0.15) is 23.9 Å². The molecular formula is C25H28N2O4. The highest BCUT2D eigenvalue weighted by molar-refractivity contribution is 5.94. The van der Waals surface area contributed by atoms with Gasteiger partial charge in [-0.1, -0.05) is 12.7 Å². The summed E-state index contributed by atoms with van der Waals surface area (Å²) in [6.07, 6.45) is 6.95. The first-order chi connectivity index (χ1) is 15.2. The molecule has 4 rings (SSSR count). The van der Waals surface area contributed by atoms with Crippen LogP contribution in [0.25, 0.3) is 0 Å². The normalized spacial score (nSPS) is 13.7. The number of hydrogen-bond donors (Lipinski definition) is 0. The smallest absolute Gasteiger partial charge is 0.254 e. The van der Waals surface area contributed by atoms with E-state index in [1.807, 2.05) is 24.3 Å². The number of ether oxygens (including phenoxy) is 1. The Bertz CT molecular complexity index is 969.